The van der Waals surface area contributed by atoms with E-state index in [9.17, 15) is 9.18 Å². The van der Waals surface area contributed by atoms with Gasteiger partial charge in [-0.25, -0.2) is 4.39 Å². The molecule has 18 heavy (non-hydrogen) atoms. The topological polar surface area (TPSA) is 17.1 Å². The van der Waals surface area contributed by atoms with Gasteiger partial charge in [0.25, 0.3) is 0 Å². The van der Waals surface area contributed by atoms with Gasteiger partial charge >= 0.3 is 0 Å². The average molecular weight is 276 g/mol. The maximum absolute atomic E-state index is 13.6. The first-order valence-electron chi connectivity index (χ1n) is 5.44. The minimum atomic E-state index is -0.305. The lowest BCUT2D eigenvalue weighted by Crippen LogP contribution is -2.13. The van der Waals surface area contributed by atoms with Crippen LogP contribution in [0.15, 0.2) is 45.5 Å². The van der Waals surface area contributed by atoms with Gasteiger partial charge in [-0.3, -0.25) is 4.79 Å². The van der Waals surface area contributed by atoms with Gasteiger partial charge in [-0.1, -0.05) is 6.07 Å². The Morgan fingerprint density at radius 2 is 2.17 bits per heavy atom. The Kier molecular flexibility index (Phi) is 3.06. The number of rotatable bonds is 1. The van der Waals surface area contributed by atoms with Gasteiger partial charge in [-0.05, 0) is 40.6 Å². The van der Waals surface area contributed by atoms with Crippen molar-refractivity contribution in [2.75, 3.05) is 5.75 Å². The summed E-state index contributed by atoms with van der Waals surface area (Å²) in [6.07, 6.45) is 1.89. The average Bonchev–Trinajstić information content (AvgIpc) is 2.86. The van der Waals surface area contributed by atoms with Gasteiger partial charge in [0.15, 0.2) is 5.78 Å². The SMILES string of the molecule is O=C1/C(=C\c2ccsc2)CSc2c(F)cccc21. The van der Waals surface area contributed by atoms with Crippen molar-refractivity contribution in [1.29, 1.82) is 0 Å². The first-order chi connectivity index (χ1) is 8.75. The second-order valence-electron chi connectivity index (χ2n) is 3.96. The zero-order valence-corrected chi connectivity index (χ0v) is 11.0. The number of hydrogen-bond acceptors (Lipinski definition) is 3. The van der Waals surface area contributed by atoms with Crippen molar-refractivity contribution < 1.29 is 9.18 Å². The van der Waals surface area contributed by atoms with E-state index in [4.69, 9.17) is 0 Å². The molecule has 1 aliphatic rings. The molecule has 0 saturated heterocycles. The predicted octanol–water partition coefficient (Wildman–Crippen LogP) is 4.26. The van der Waals surface area contributed by atoms with Gasteiger partial charge in [0.2, 0.25) is 0 Å². The molecule has 90 valence electrons. The van der Waals surface area contributed by atoms with Crippen LogP contribution >= 0.6 is 23.1 Å². The summed E-state index contributed by atoms with van der Waals surface area (Å²) in [7, 11) is 0. The standard InChI is InChI=1S/C14H9FOS2/c15-12-3-1-2-11-13(16)10(8-18-14(11)12)6-9-4-5-17-7-9/h1-7H,8H2/b10-6-. The van der Waals surface area contributed by atoms with E-state index in [0.717, 1.165) is 11.1 Å². The second kappa shape index (κ2) is 4.71. The molecule has 1 aromatic carbocycles. The number of fused-ring (bicyclic) bond motifs is 1. The number of benzene rings is 1. The molecule has 0 spiro atoms. The van der Waals surface area contributed by atoms with Gasteiger partial charge in [0.1, 0.15) is 5.82 Å². The van der Waals surface area contributed by atoms with Gasteiger partial charge in [-0.15, -0.1) is 11.8 Å². The van der Waals surface area contributed by atoms with E-state index in [0.29, 0.717) is 16.2 Å². The van der Waals surface area contributed by atoms with Crippen molar-refractivity contribution in [3.05, 3.63) is 57.5 Å². The summed E-state index contributed by atoms with van der Waals surface area (Å²) in [6.45, 7) is 0. The molecule has 0 unspecified atom stereocenters. The van der Waals surface area contributed by atoms with Crippen molar-refractivity contribution in [2.45, 2.75) is 4.90 Å². The Morgan fingerprint density at radius 3 is 2.94 bits per heavy atom. The van der Waals surface area contributed by atoms with Crippen LogP contribution in [0.25, 0.3) is 6.08 Å². The van der Waals surface area contributed by atoms with Crippen LogP contribution in [0.5, 0.6) is 0 Å². The van der Waals surface area contributed by atoms with Crippen LogP contribution in [0.4, 0.5) is 4.39 Å². The number of ketones is 1. The van der Waals surface area contributed by atoms with Crippen LogP contribution in [0.2, 0.25) is 0 Å². The maximum Gasteiger partial charge on any atom is 0.191 e. The highest BCUT2D eigenvalue weighted by molar-refractivity contribution is 7.99. The first-order valence-corrected chi connectivity index (χ1v) is 7.37. The Bertz CT molecular complexity index is 629. The van der Waals surface area contributed by atoms with E-state index in [1.54, 1.807) is 23.5 Å². The lowest BCUT2D eigenvalue weighted by atomic mass is 10.0. The summed E-state index contributed by atoms with van der Waals surface area (Å²) in [4.78, 5) is 12.7. The molecule has 0 saturated carbocycles. The smallest absolute Gasteiger partial charge is 0.191 e. The molecule has 1 nitrogen and oxygen atoms in total. The molecule has 2 heterocycles. The highest BCUT2D eigenvalue weighted by Gasteiger charge is 2.24. The normalized spacial score (nSPS) is 16.9. The number of thiophene rings is 1. The quantitative estimate of drug-likeness (QED) is 0.724. The van der Waals surface area contributed by atoms with Gasteiger partial charge in [0, 0.05) is 16.9 Å². The summed E-state index contributed by atoms with van der Waals surface area (Å²) in [6, 6.07) is 6.64. The predicted molar refractivity (Wildman–Crippen MR) is 73.8 cm³/mol. The fraction of sp³-hybridized carbons (Fsp3) is 0.0714. The molecular formula is C14H9FOS2. The Balaban J connectivity index is 2.02. The number of carbonyl (C=O) groups is 1. The number of carbonyl (C=O) groups excluding carboxylic acids is 1. The van der Waals surface area contributed by atoms with E-state index < -0.39 is 0 Å². The summed E-state index contributed by atoms with van der Waals surface area (Å²) in [5, 5.41) is 3.96. The zero-order chi connectivity index (χ0) is 12.5. The molecule has 0 aliphatic carbocycles. The fourth-order valence-corrected chi connectivity index (χ4v) is 3.54. The molecule has 0 fully saturated rings. The molecule has 0 atom stereocenters. The molecule has 3 rings (SSSR count). The van der Waals surface area contributed by atoms with Crippen molar-refractivity contribution in [3.63, 3.8) is 0 Å². The molecular weight excluding hydrogens is 267 g/mol. The van der Waals surface area contributed by atoms with E-state index in [1.807, 2.05) is 22.9 Å². The van der Waals surface area contributed by atoms with Crippen LogP contribution < -0.4 is 0 Å². The summed E-state index contributed by atoms with van der Waals surface area (Å²) >= 11 is 2.98. The summed E-state index contributed by atoms with van der Waals surface area (Å²) < 4.78 is 13.6. The van der Waals surface area contributed by atoms with Crippen LogP contribution in [0, 0.1) is 5.82 Å². The fourth-order valence-electron chi connectivity index (χ4n) is 1.89. The summed E-state index contributed by atoms with van der Waals surface area (Å²) in [5.74, 6) is 0.165. The number of halogens is 1. The highest BCUT2D eigenvalue weighted by atomic mass is 32.2. The van der Waals surface area contributed by atoms with E-state index in [1.165, 1.54) is 17.8 Å². The van der Waals surface area contributed by atoms with Crippen LogP contribution in [0.1, 0.15) is 15.9 Å². The van der Waals surface area contributed by atoms with Crippen molar-refractivity contribution in [1.82, 2.24) is 0 Å². The van der Waals surface area contributed by atoms with Crippen molar-refractivity contribution in [3.8, 4) is 0 Å². The van der Waals surface area contributed by atoms with Crippen molar-refractivity contribution in [2.24, 2.45) is 0 Å². The Labute approximate surface area is 112 Å². The first kappa shape index (κ1) is 11.7. The highest BCUT2D eigenvalue weighted by Crippen LogP contribution is 2.35. The van der Waals surface area contributed by atoms with Crippen LogP contribution in [-0.4, -0.2) is 11.5 Å². The Morgan fingerprint density at radius 1 is 1.28 bits per heavy atom. The molecule has 0 N–H and O–H groups in total. The van der Waals surface area contributed by atoms with E-state index in [2.05, 4.69) is 0 Å². The monoisotopic (exact) mass is 276 g/mol. The number of hydrogen-bond donors (Lipinski definition) is 0. The molecule has 1 aliphatic heterocycles. The van der Waals surface area contributed by atoms with Crippen molar-refractivity contribution >= 4 is 35.0 Å². The molecule has 0 amide bonds. The van der Waals surface area contributed by atoms with Gasteiger partial charge < -0.3 is 0 Å². The minimum absolute atomic E-state index is 0.0607. The van der Waals surface area contributed by atoms with Crippen LogP contribution in [0.3, 0.4) is 0 Å². The van der Waals surface area contributed by atoms with E-state index in [-0.39, 0.29) is 11.6 Å². The Hall–Kier alpha value is -1.39. The third-order valence-electron chi connectivity index (χ3n) is 2.76. The number of Topliss-reactive ketones (excluding diaryl/α,β-unsaturated/α-hetero) is 1. The third-order valence-corrected chi connectivity index (χ3v) is 4.62. The van der Waals surface area contributed by atoms with Gasteiger partial charge in [-0.2, -0.15) is 11.3 Å². The summed E-state index contributed by atoms with van der Waals surface area (Å²) in [5.41, 5.74) is 2.24. The molecule has 0 bridgehead atoms. The molecule has 0 radical (unpaired) electrons. The lowest BCUT2D eigenvalue weighted by Gasteiger charge is -2.17. The molecule has 2 aromatic rings. The lowest BCUT2D eigenvalue weighted by molar-refractivity contribution is 0.103. The van der Waals surface area contributed by atoms with E-state index >= 15 is 0 Å². The minimum Gasteiger partial charge on any atom is -0.289 e. The third kappa shape index (κ3) is 2.02. The second-order valence-corrected chi connectivity index (χ2v) is 5.73. The van der Waals surface area contributed by atoms with Crippen LogP contribution in [-0.2, 0) is 0 Å². The maximum atomic E-state index is 13.6. The number of thioether (sulfide) groups is 1. The molecule has 1 aromatic heterocycles. The van der Waals surface area contributed by atoms with Gasteiger partial charge in [0.05, 0.1) is 4.90 Å². The zero-order valence-electron chi connectivity index (χ0n) is 9.35. The molecule has 4 heteroatoms. The largest absolute Gasteiger partial charge is 0.289 e.